The largest absolute Gasteiger partial charge is 0.480 e. The van der Waals surface area contributed by atoms with Crippen molar-refractivity contribution < 1.29 is 9.90 Å². The first-order chi connectivity index (χ1) is 5.61. The van der Waals surface area contributed by atoms with E-state index in [2.05, 4.69) is 15.5 Å². The lowest BCUT2D eigenvalue weighted by Crippen LogP contribution is -2.35. The first-order valence-electron chi connectivity index (χ1n) is 3.32. The van der Waals surface area contributed by atoms with Gasteiger partial charge in [0.15, 0.2) is 0 Å². The fourth-order valence-electron chi connectivity index (χ4n) is 0.682. The van der Waals surface area contributed by atoms with Gasteiger partial charge in [0, 0.05) is 0 Å². The number of aryl methyl sites for hydroxylation is 1. The number of aliphatic carboxylic acids is 1. The first-order valence-corrected chi connectivity index (χ1v) is 3.32. The highest BCUT2D eigenvalue weighted by atomic mass is 16.4. The Balaban J connectivity index is 2.64. The van der Waals surface area contributed by atoms with Crippen LogP contribution in [0.2, 0.25) is 0 Å². The van der Waals surface area contributed by atoms with E-state index in [9.17, 15) is 4.79 Å². The summed E-state index contributed by atoms with van der Waals surface area (Å²) in [5, 5.41) is 18.9. The van der Waals surface area contributed by atoms with Gasteiger partial charge in [0.2, 0.25) is 0 Å². The van der Waals surface area contributed by atoms with Gasteiger partial charge >= 0.3 is 5.97 Å². The van der Waals surface area contributed by atoms with Gasteiger partial charge in [0.25, 0.3) is 0 Å². The molecule has 0 fully saturated rings. The lowest BCUT2D eigenvalue weighted by molar-refractivity contribution is -0.138. The number of nitrogens with two attached hydrogens (primary N) is 1. The molecule has 0 saturated carbocycles. The molecular formula is C5H9N5O2. The van der Waals surface area contributed by atoms with Gasteiger partial charge in [-0.3, -0.25) is 4.79 Å². The van der Waals surface area contributed by atoms with Gasteiger partial charge < -0.3 is 10.8 Å². The molecule has 0 spiro atoms. The Morgan fingerprint density at radius 3 is 2.92 bits per heavy atom. The Bertz CT molecular complexity index is 283. The summed E-state index contributed by atoms with van der Waals surface area (Å²) in [5.74, 6) is -0.517. The maximum Gasteiger partial charge on any atom is 0.322 e. The lowest BCUT2D eigenvalue weighted by Gasteiger charge is -2.05. The number of hydrogen-bond acceptors (Lipinski definition) is 5. The molecule has 1 rings (SSSR count). The predicted molar refractivity (Wildman–Crippen MR) is 38.2 cm³/mol. The minimum Gasteiger partial charge on any atom is -0.480 e. The van der Waals surface area contributed by atoms with Gasteiger partial charge in [-0.1, -0.05) is 0 Å². The molecule has 12 heavy (non-hydrogen) atoms. The number of aromatic nitrogens is 4. The van der Waals surface area contributed by atoms with Gasteiger partial charge in [0.1, 0.15) is 11.9 Å². The molecule has 7 heteroatoms. The average Bonchev–Trinajstić information content (AvgIpc) is 2.36. The maximum absolute atomic E-state index is 10.3. The standard InChI is InChI=1S/C5H9N5O2/c1-3-7-8-9-10(3)2-4(6)5(11)12/h4H,2,6H2,1H3,(H,11,12). The Morgan fingerprint density at radius 1 is 1.83 bits per heavy atom. The van der Waals surface area contributed by atoms with E-state index in [-0.39, 0.29) is 6.54 Å². The summed E-state index contributed by atoms with van der Waals surface area (Å²) in [5.41, 5.74) is 5.26. The zero-order chi connectivity index (χ0) is 9.14. The predicted octanol–water partition coefficient (Wildman–Crippen LogP) is -1.61. The Labute approximate surface area is 68.2 Å². The second-order valence-electron chi connectivity index (χ2n) is 2.35. The third kappa shape index (κ3) is 1.76. The number of hydrogen-bond donors (Lipinski definition) is 2. The molecule has 0 aliphatic carbocycles. The van der Waals surface area contributed by atoms with E-state index in [1.165, 1.54) is 4.68 Å². The number of rotatable bonds is 3. The second kappa shape index (κ2) is 3.26. The third-order valence-electron chi connectivity index (χ3n) is 1.40. The molecule has 0 aromatic carbocycles. The molecule has 66 valence electrons. The van der Waals surface area contributed by atoms with Crippen molar-refractivity contribution in [1.29, 1.82) is 0 Å². The molecule has 0 bridgehead atoms. The average molecular weight is 171 g/mol. The van der Waals surface area contributed by atoms with Gasteiger partial charge in [-0.15, -0.1) is 5.10 Å². The summed E-state index contributed by atoms with van der Waals surface area (Å²) < 4.78 is 1.35. The van der Waals surface area contributed by atoms with E-state index in [1.54, 1.807) is 6.92 Å². The molecule has 7 nitrogen and oxygen atoms in total. The highest BCUT2D eigenvalue weighted by Crippen LogP contribution is 1.90. The zero-order valence-corrected chi connectivity index (χ0v) is 6.51. The smallest absolute Gasteiger partial charge is 0.322 e. The summed E-state index contributed by atoms with van der Waals surface area (Å²) in [7, 11) is 0. The molecule has 0 radical (unpaired) electrons. The van der Waals surface area contributed by atoms with Gasteiger partial charge in [-0.05, 0) is 17.4 Å². The summed E-state index contributed by atoms with van der Waals surface area (Å²) in [4.78, 5) is 10.3. The van der Waals surface area contributed by atoms with Crippen LogP contribution in [0, 0.1) is 6.92 Å². The molecule has 1 heterocycles. The van der Waals surface area contributed by atoms with Crippen LogP contribution in [-0.2, 0) is 11.3 Å². The topological polar surface area (TPSA) is 107 Å². The Hall–Kier alpha value is -1.50. The maximum atomic E-state index is 10.3. The lowest BCUT2D eigenvalue weighted by atomic mass is 10.3. The van der Waals surface area contributed by atoms with Gasteiger partial charge in [0.05, 0.1) is 6.54 Å². The van der Waals surface area contributed by atoms with Crippen molar-refractivity contribution >= 4 is 5.97 Å². The minimum atomic E-state index is -1.06. The van der Waals surface area contributed by atoms with Gasteiger partial charge in [-0.25, -0.2) is 4.68 Å². The summed E-state index contributed by atoms with van der Waals surface area (Å²) >= 11 is 0. The number of carboxylic acid groups (broad SMARTS) is 1. The van der Waals surface area contributed by atoms with Crippen LogP contribution in [0.4, 0.5) is 0 Å². The Morgan fingerprint density at radius 2 is 2.50 bits per heavy atom. The molecular weight excluding hydrogens is 162 g/mol. The van der Waals surface area contributed by atoms with Crippen molar-refractivity contribution in [1.82, 2.24) is 20.2 Å². The molecule has 3 N–H and O–H groups in total. The van der Waals surface area contributed by atoms with E-state index in [0.29, 0.717) is 5.82 Å². The van der Waals surface area contributed by atoms with E-state index in [4.69, 9.17) is 10.8 Å². The molecule has 0 aliphatic rings. The van der Waals surface area contributed by atoms with Crippen LogP contribution in [-0.4, -0.2) is 37.3 Å². The number of nitrogens with zero attached hydrogens (tertiary/aromatic N) is 4. The quantitative estimate of drug-likeness (QED) is 0.566. The summed E-state index contributed by atoms with van der Waals surface area (Å²) in [6.07, 6.45) is 0. The van der Waals surface area contributed by atoms with Crippen LogP contribution in [0.3, 0.4) is 0 Å². The van der Waals surface area contributed by atoms with Crippen LogP contribution in [0.1, 0.15) is 5.82 Å². The van der Waals surface area contributed by atoms with Crippen molar-refractivity contribution in [2.75, 3.05) is 0 Å². The highest BCUT2D eigenvalue weighted by Gasteiger charge is 2.13. The van der Waals surface area contributed by atoms with Crippen molar-refractivity contribution in [2.24, 2.45) is 5.73 Å². The van der Waals surface area contributed by atoms with Crippen molar-refractivity contribution in [3.8, 4) is 0 Å². The van der Waals surface area contributed by atoms with E-state index in [1.807, 2.05) is 0 Å². The Kier molecular flexibility index (Phi) is 2.34. The number of carbonyl (C=O) groups is 1. The third-order valence-corrected chi connectivity index (χ3v) is 1.40. The SMILES string of the molecule is Cc1nnnn1CC(N)C(=O)O. The van der Waals surface area contributed by atoms with Crippen molar-refractivity contribution in [2.45, 2.75) is 19.5 Å². The second-order valence-corrected chi connectivity index (χ2v) is 2.35. The number of tetrazole rings is 1. The molecule has 1 unspecified atom stereocenters. The monoisotopic (exact) mass is 171 g/mol. The van der Waals surface area contributed by atoms with Crippen molar-refractivity contribution in [3.63, 3.8) is 0 Å². The fourth-order valence-corrected chi connectivity index (χ4v) is 0.682. The molecule has 0 saturated heterocycles. The van der Waals surface area contributed by atoms with Crippen LogP contribution in [0.15, 0.2) is 0 Å². The molecule has 1 aromatic rings. The van der Waals surface area contributed by atoms with Crippen LogP contribution >= 0.6 is 0 Å². The van der Waals surface area contributed by atoms with E-state index in [0.717, 1.165) is 0 Å². The van der Waals surface area contributed by atoms with Crippen LogP contribution in [0.25, 0.3) is 0 Å². The minimum absolute atomic E-state index is 0.0914. The number of carboxylic acids is 1. The first kappa shape index (κ1) is 8.60. The fraction of sp³-hybridized carbons (Fsp3) is 0.600. The molecule has 0 amide bonds. The summed E-state index contributed by atoms with van der Waals surface area (Å²) in [6.45, 7) is 1.77. The molecule has 0 aliphatic heterocycles. The zero-order valence-electron chi connectivity index (χ0n) is 6.51. The highest BCUT2D eigenvalue weighted by molar-refractivity contribution is 5.72. The molecule has 1 aromatic heterocycles. The van der Waals surface area contributed by atoms with Crippen molar-refractivity contribution in [3.05, 3.63) is 5.82 Å². The van der Waals surface area contributed by atoms with Gasteiger partial charge in [-0.2, -0.15) is 0 Å². The van der Waals surface area contributed by atoms with E-state index < -0.39 is 12.0 Å². The normalized spacial score (nSPS) is 12.8. The summed E-state index contributed by atoms with van der Waals surface area (Å²) in [6, 6.07) is -0.966. The van der Waals surface area contributed by atoms with Crippen LogP contribution < -0.4 is 5.73 Å². The van der Waals surface area contributed by atoms with Crippen LogP contribution in [0.5, 0.6) is 0 Å². The molecule has 1 atom stereocenters. The van der Waals surface area contributed by atoms with E-state index >= 15 is 0 Å².